The van der Waals surface area contributed by atoms with Crippen LogP contribution in [0.15, 0.2) is 42.7 Å². The number of unbranched alkanes of at least 4 members (excludes halogenated alkanes) is 6. The fourth-order valence-electron chi connectivity index (χ4n) is 5.44. The monoisotopic (exact) mass is 635 g/mol. The summed E-state index contributed by atoms with van der Waals surface area (Å²) in [5, 5.41) is 6.84. The van der Waals surface area contributed by atoms with Gasteiger partial charge in [0.05, 0.1) is 26.3 Å². The summed E-state index contributed by atoms with van der Waals surface area (Å²) >= 11 is 0. The van der Waals surface area contributed by atoms with E-state index in [-0.39, 0.29) is 5.91 Å². The summed E-state index contributed by atoms with van der Waals surface area (Å²) in [5.41, 5.74) is 2.43. The lowest BCUT2D eigenvalue weighted by molar-refractivity contribution is -0.144. The first-order valence-electron chi connectivity index (χ1n) is 16.8. The predicted molar refractivity (Wildman–Crippen MR) is 184 cm³/mol. The summed E-state index contributed by atoms with van der Waals surface area (Å²) in [6.45, 7) is 9.80. The number of esters is 1. The number of nitrogens with one attached hydrogen (secondary N) is 2. The number of aromatic nitrogens is 2. The maximum Gasteiger partial charge on any atom is 0.328 e. The number of nitrogens with zero attached hydrogens (tertiary/aromatic N) is 3. The van der Waals surface area contributed by atoms with E-state index in [1.54, 1.807) is 7.11 Å². The minimum Gasteiger partial charge on any atom is -0.493 e. The third-order valence-electron chi connectivity index (χ3n) is 7.97. The van der Waals surface area contributed by atoms with Crippen molar-refractivity contribution in [3.05, 3.63) is 48.3 Å². The van der Waals surface area contributed by atoms with E-state index in [2.05, 4.69) is 39.3 Å². The minimum absolute atomic E-state index is 0.290. The maximum atomic E-state index is 12.1. The molecule has 252 valence electrons. The molecule has 0 aliphatic heterocycles. The van der Waals surface area contributed by atoms with Gasteiger partial charge in [0.25, 0.3) is 0 Å². The highest BCUT2D eigenvalue weighted by atomic mass is 16.5. The van der Waals surface area contributed by atoms with E-state index >= 15 is 0 Å². The van der Waals surface area contributed by atoms with E-state index in [0.29, 0.717) is 30.3 Å². The minimum atomic E-state index is -0.750. The Morgan fingerprint density at radius 3 is 2.13 bits per heavy atom. The van der Waals surface area contributed by atoms with E-state index < -0.39 is 12.0 Å². The number of ether oxygens (including phenoxy) is 3. The number of rotatable bonds is 22. The number of carbonyl (C=O) groups excluding carboxylic acids is 2. The largest absolute Gasteiger partial charge is 0.493 e. The normalized spacial score (nSPS) is 11.8. The molecule has 0 saturated heterocycles. The van der Waals surface area contributed by atoms with Gasteiger partial charge in [-0.05, 0) is 56.1 Å². The topological polar surface area (TPSA) is 115 Å². The Kier molecular flexibility index (Phi) is 16.1. The summed E-state index contributed by atoms with van der Waals surface area (Å²) in [7, 11) is 2.95. The van der Waals surface area contributed by atoms with Crippen LogP contribution in [0.3, 0.4) is 0 Å². The number of benzene rings is 2. The molecular formula is C36H53N5O5. The van der Waals surface area contributed by atoms with E-state index in [9.17, 15) is 9.59 Å². The molecule has 1 amide bonds. The highest BCUT2D eigenvalue weighted by Crippen LogP contribution is 2.35. The molecule has 1 aromatic heterocycles. The number of hydrogen-bond acceptors (Lipinski definition) is 9. The molecule has 0 spiro atoms. The van der Waals surface area contributed by atoms with E-state index in [1.165, 1.54) is 71.7 Å². The van der Waals surface area contributed by atoms with Crippen molar-refractivity contribution in [2.75, 3.05) is 45.8 Å². The molecule has 0 fully saturated rings. The number of amides is 1. The van der Waals surface area contributed by atoms with Gasteiger partial charge in [-0.15, -0.1) is 0 Å². The number of hydrogen-bond donors (Lipinski definition) is 2. The molecule has 1 heterocycles. The lowest BCUT2D eigenvalue weighted by Crippen LogP contribution is -2.41. The Balaban J connectivity index is 1.66. The number of carbonyl (C=O) groups is 2. The van der Waals surface area contributed by atoms with Gasteiger partial charge in [-0.3, -0.25) is 4.79 Å². The van der Waals surface area contributed by atoms with Crippen LogP contribution < -0.4 is 20.1 Å². The second-order valence-corrected chi connectivity index (χ2v) is 11.7. The van der Waals surface area contributed by atoms with Crippen molar-refractivity contribution >= 4 is 34.3 Å². The van der Waals surface area contributed by atoms with Gasteiger partial charge in [-0.1, -0.05) is 64.5 Å². The SMILES string of the molecule is CCCCCCN(CCCCCC)CCCOc1cc2c(Nc3ccc(CC(NC(C)=O)C(=O)OC)cc3)ncnc2cc1OC. The van der Waals surface area contributed by atoms with Crippen molar-refractivity contribution in [3.8, 4) is 11.5 Å². The molecule has 1 unspecified atom stereocenters. The lowest BCUT2D eigenvalue weighted by Gasteiger charge is -2.22. The Labute approximate surface area is 274 Å². The summed E-state index contributed by atoms with van der Waals surface area (Å²) in [4.78, 5) is 35.2. The smallest absolute Gasteiger partial charge is 0.328 e. The standard InChI is InChI=1S/C36H53N5O5/c1-6-8-10-12-19-41(20-13-11-9-7-2)21-14-22-46-34-24-30-31(25-33(34)44-4)37-26-38-35(30)40-29-17-15-28(16-18-29)23-32(36(43)45-5)39-27(3)42/h15-18,24-26,32H,6-14,19-23H2,1-5H3,(H,39,42)(H,37,38,40). The molecule has 10 nitrogen and oxygen atoms in total. The Morgan fingerprint density at radius 1 is 0.848 bits per heavy atom. The van der Waals surface area contributed by atoms with E-state index in [4.69, 9.17) is 14.2 Å². The number of methoxy groups -OCH3 is 2. The molecule has 3 rings (SSSR count). The maximum absolute atomic E-state index is 12.1. The van der Waals surface area contributed by atoms with Gasteiger partial charge < -0.3 is 29.7 Å². The van der Waals surface area contributed by atoms with E-state index in [0.717, 1.165) is 48.2 Å². The predicted octanol–water partition coefficient (Wildman–Crippen LogP) is 6.83. The van der Waals surface area contributed by atoms with Crippen molar-refractivity contribution in [1.29, 1.82) is 0 Å². The summed E-state index contributed by atoms with van der Waals surface area (Å²) in [5.74, 6) is 1.16. The van der Waals surface area contributed by atoms with Gasteiger partial charge in [-0.2, -0.15) is 0 Å². The Bertz CT molecular complexity index is 1340. The van der Waals surface area contributed by atoms with Crippen molar-refractivity contribution < 1.29 is 23.8 Å². The molecule has 0 aliphatic carbocycles. The lowest BCUT2D eigenvalue weighted by atomic mass is 10.1. The first kappa shape index (κ1) is 36.5. The fourth-order valence-corrected chi connectivity index (χ4v) is 5.44. The van der Waals surface area contributed by atoms with Gasteiger partial charge in [0, 0.05) is 37.0 Å². The van der Waals surface area contributed by atoms with Crippen LogP contribution in [0.5, 0.6) is 11.5 Å². The first-order valence-corrected chi connectivity index (χ1v) is 16.8. The van der Waals surface area contributed by atoms with Crippen LogP contribution in [-0.2, 0) is 20.7 Å². The van der Waals surface area contributed by atoms with Gasteiger partial charge >= 0.3 is 5.97 Å². The van der Waals surface area contributed by atoms with Crippen molar-refractivity contribution in [3.63, 3.8) is 0 Å². The van der Waals surface area contributed by atoms with E-state index in [1.807, 2.05) is 36.4 Å². The first-order chi connectivity index (χ1) is 22.4. The van der Waals surface area contributed by atoms with Crippen LogP contribution >= 0.6 is 0 Å². The number of fused-ring (bicyclic) bond motifs is 1. The molecular weight excluding hydrogens is 582 g/mol. The van der Waals surface area contributed by atoms with Crippen molar-refractivity contribution in [2.45, 2.75) is 91.0 Å². The number of anilines is 2. The van der Waals surface area contributed by atoms with Crippen LogP contribution in [0.2, 0.25) is 0 Å². The quantitative estimate of drug-likeness (QED) is 0.0905. The Hall–Kier alpha value is -3.92. The second kappa shape index (κ2) is 20.3. The van der Waals surface area contributed by atoms with Crippen molar-refractivity contribution in [2.24, 2.45) is 0 Å². The molecule has 1 atom stereocenters. The molecule has 0 bridgehead atoms. The highest BCUT2D eigenvalue weighted by molar-refractivity contribution is 5.93. The molecule has 2 aromatic carbocycles. The fraction of sp³-hybridized carbons (Fsp3) is 0.556. The van der Waals surface area contributed by atoms with Crippen LogP contribution in [0.1, 0.15) is 84.1 Å². The molecule has 0 radical (unpaired) electrons. The zero-order valence-electron chi connectivity index (χ0n) is 28.4. The van der Waals surface area contributed by atoms with Crippen molar-refractivity contribution in [1.82, 2.24) is 20.2 Å². The summed E-state index contributed by atoms with van der Waals surface area (Å²) in [6.07, 6.45) is 13.0. The average Bonchev–Trinajstić information content (AvgIpc) is 3.06. The molecule has 3 aromatic rings. The van der Waals surface area contributed by atoms with Crippen LogP contribution in [0, 0.1) is 0 Å². The second-order valence-electron chi connectivity index (χ2n) is 11.7. The highest BCUT2D eigenvalue weighted by Gasteiger charge is 2.20. The molecule has 2 N–H and O–H groups in total. The van der Waals surface area contributed by atoms with Gasteiger partial charge in [0.2, 0.25) is 5.91 Å². The van der Waals surface area contributed by atoms with Crippen LogP contribution in [0.4, 0.5) is 11.5 Å². The van der Waals surface area contributed by atoms with Gasteiger partial charge in [0.15, 0.2) is 11.5 Å². The summed E-state index contributed by atoms with van der Waals surface area (Å²) in [6, 6.07) is 10.7. The zero-order chi connectivity index (χ0) is 33.1. The van der Waals surface area contributed by atoms with Crippen LogP contribution in [-0.4, -0.2) is 73.2 Å². The molecule has 0 aliphatic rings. The van der Waals surface area contributed by atoms with Crippen LogP contribution in [0.25, 0.3) is 10.9 Å². The molecule has 46 heavy (non-hydrogen) atoms. The summed E-state index contributed by atoms with van der Waals surface area (Å²) < 4.78 is 16.8. The van der Waals surface area contributed by atoms with Gasteiger partial charge in [-0.25, -0.2) is 14.8 Å². The third-order valence-corrected chi connectivity index (χ3v) is 7.97. The van der Waals surface area contributed by atoms with Gasteiger partial charge in [0.1, 0.15) is 18.2 Å². The Morgan fingerprint density at radius 2 is 1.52 bits per heavy atom. The third kappa shape index (κ3) is 12.1. The zero-order valence-corrected chi connectivity index (χ0v) is 28.4. The average molecular weight is 636 g/mol. The molecule has 0 saturated carbocycles. The molecule has 10 heteroatoms.